The van der Waals surface area contributed by atoms with Crippen LogP contribution < -0.4 is 10.6 Å². The van der Waals surface area contributed by atoms with Crippen molar-refractivity contribution in [1.29, 1.82) is 0 Å². The summed E-state index contributed by atoms with van der Waals surface area (Å²) in [5.41, 5.74) is 7.65. The summed E-state index contributed by atoms with van der Waals surface area (Å²) in [5.74, 6) is -1.04. The van der Waals surface area contributed by atoms with Gasteiger partial charge in [-0.05, 0) is 38.5 Å². The van der Waals surface area contributed by atoms with Gasteiger partial charge in [0.2, 0.25) is 0 Å². The van der Waals surface area contributed by atoms with Gasteiger partial charge in [-0.15, -0.1) is 0 Å². The Morgan fingerprint density at radius 1 is 1.44 bits per heavy atom. The maximum atomic E-state index is 11.1. The average Bonchev–Trinajstić information content (AvgIpc) is 2.28. The molecule has 18 heavy (non-hydrogen) atoms. The van der Waals surface area contributed by atoms with Gasteiger partial charge in [0.1, 0.15) is 0 Å². The van der Waals surface area contributed by atoms with Gasteiger partial charge in [0.15, 0.2) is 0 Å². The van der Waals surface area contributed by atoms with Gasteiger partial charge in [-0.1, -0.05) is 0 Å². The molecule has 0 aliphatic carbocycles. The molecular weight excluding hydrogens is 232 g/mol. The molecule has 0 bridgehead atoms. The molecule has 1 rings (SSSR count). The number of rotatable bonds is 5. The van der Waals surface area contributed by atoms with Crippen molar-refractivity contribution >= 4 is 17.3 Å². The molecule has 0 heterocycles. The Kier molecular flexibility index (Phi) is 4.55. The molecule has 4 N–H and O–H groups in total. The smallest absolute Gasteiger partial charge is 0.337 e. The number of anilines is 2. The van der Waals surface area contributed by atoms with Crippen LogP contribution in [0.5, 0.6) is 0 Å². The number of hydrogen-bond donors (Lipinski definition) is 3. The molecule has 0 aromatic heterocycles. The molecule has 1 aromatic rings. The zero-order valence-corrected chi connectivity index (χ0v) is 11.0. The van der Waals surface area contributed by atoms with Crippen LogP contribution in [0, 0.1) is 6.92 Å². The van der Waals surface area contributed by atoms with Gasteiger partial charge < -0.3 is 20.8 Å². The summed E-state index contributed by atoms with van der Waals surface area (Å²) in [7, 11) is 0. The topological polar surface area (TPSA) is 86.8 Å². The quantitative estimate of drug-likeness (QED) is 0.691. The van der Waals surface area contributed by atoms with E-state index in [0.717, 1.165) is 11.3 Å². The molecule has 0 amide bonds. The monoisotopic (exact) mass is 252 g/mol. The highest BCUT2D eigenvalue weighted by Gasteiger charge is 2.16. The van der Waals surface area contributed by atoms with Gasteiger partial charge in [0.25, 0.3) is 0 Å². The minimum atomic E-state index is -1.04. The number of carbonyl (C=O) groups is 1. The van der Waals surface area contributed by atoms with E-state index in [-0.39, 0.29) is 18.2 Å². The molecule has 0 unspecified atom stereocenters. The van der Waals surface area contributed by atoms with Crippen molar-refractivity contribution in [3.8, 4) is 0 Å². The summed E-state index contributed by atoms with van der Waals surface area (Å²) >= 11 is 0. The molecule has 5 nitrogen and oxygen atoms in total. The first-order chi connectivity index (χ1) is 8.38. The van der Waals surface area contributed by atoms with Crippen LogP contribution in [0.1, 0.15) is 29.8 Å². The molecule has 0 aliphatic heterocycles. The Balaban J connectivity index is 3.27. The number of hydrogen-bond acceptors (Lipinski definition) is 4. The van der Waals surface area contributed by atoms with Crippen LogP contribution in [0.15, 0.2) is 12.1 Å². The van der Waals surface area contributed by atoms with Gasteiger partial charge in [-0.3, -0.25) is 0 Å². The fourth-order valence-electron chi connectivity index (χ4n) is 1.92. The number of aliphatic hydroxyl groups is 1. The molecule has 0 atom stereocenters. The van der Waals surface area contributed by atoms with Crippen molar-refractivity contribution in [1.82, 2.24) is 0 Å². The summed E-state index contributed by atoms with van der Waals surface area (Å²) in [4.78, 5) is 13.1. The van der Waals surface area contributed by atoms with E-state index < -0.39 is 5.97 Å². The van der Waals surface area contributed by atoms with Crippen LogP contribution in [0.25, 0.3) is 0 Å². The lowest BCUT2D eigenvalue weighted by Crippen LogP contribution is -2.33. The number of carboxylic acids is 1. The lowest BCUT2D eigenvalue weighted by Gasteiger charge is -2.29. The van der Waals surface area contributed by atoms with Crippen LogP contribution in [0.2, 0.25) is 0 Å². The van der Waals surface area contributed by atoms with Crippen LogP contribution >= 0.6 is 0 Å². The first-order valence-electron chi connectivity index (χ1n) is 5.89. The third-order valence-corrected chi connectivity index (χ3v) is 2.90. The zero-order valence-electron chi connectivity index (χ0n) is 11.0. The molecule has 100 valence electrons. The highest BCUT2D eigenvalue weighted by Crippen LogP contribution is 2.26. The summed E-state index contributed by atoms with van der Waals surface area (Å²) in [6.07, 6.45) is 0. The minimum Gasteiger partial charge on any atom is -0.478 e. The largest absolute Gasteiger partial charge is 0.478 e. The van der Waals surface area contributed by atoms with Gasteiger partial charge in [0, 0.05) is 24.0 Å². The van der Waals surface area contributed by atoms with Crippen molar-refractivity contribution in [3.05, 3.63) is 23.3 Å². The maximum Gasteiger partial charge on any atom is 0.337 e. The van der Waals surface area contributed by atoms with E-state index in [4.69, 9.17) is 15.9 Å². The molecule has 0 saturated carbocycles. The van der Waals surface area contributed by atoms with Crippen LogP contribution in [0.3, 0.4) is 0 Å². The number of nitrogen functional groups attached to an aromatic ring is 1. The third kappa shape index (κ3) is 2.92. The van der Waals surface area contributed by atoms with Crippen molar-refractivity contribution in [2.24, 2.45) is 0 Å². The molecule has 5 heteroatoms. The van der Waals surface area contributed by atoms with E-state index in [1.54, 1.807) is 13.0 Å². The summed E-state index contributed by atoms with van der Waals surface area (Å²) < 4.78 is 0. The first-order valence-corrected chi connectivity index (χ1v) is 5.89. The Morgan fingerprint density at radius 3 is 2.50 bits per heavy atom. The first kappa shape index (κ1) is 14.3. The van der Waals surface area contributed by atoms with E-state index in [9.17, 15) is 4.79 Å². The van der Waals surface area contributed by atoms with E-state index >= 15 is 0 Å². The van der Waals surface area contributed by atoms with Gasteiger partial charge in [-0.2, -0.15) is 0 Å². The second-order valence-electron chi connectivity index (χ2n) is 4.54. The van der Waals surface area contributed by atoms with E-state index in [1.165, 1.54) is 0 Å². The highest BCUT2D eigenvalue weighted by molar-refractivity contribution is 5.95. The van der Waals surface area contributed by atoms with Gasteiger partial charge in [-0.25, -0.2) is 4.79 Å². The second kappa shape index (κ2) is 5.73. The number of aryl methyl sites for hydroxylation is 1. The Labute approximate surface area is 107 Å². The number of benzene rings is 1. The lowest BCUT2D eigenvalue weighted by atomic mass is 10.1. The number of carboxylic acid groups (broad SMARTS) is 1. The van der Waals surface area contributed by atoms with Crippen LogP contribution in [-0.2, 0) is 0 Å². The summed E-state index contributed by atoms with van der Waals surface area (Å²) in [6.45, 7) is 6.23. The van der Waals surface area contributed by atoms with Crippen LogP contribution in [0.4, 0.5) is 11.4 Å². The second-order valence-corrected chi connectivity index (χ2v) is 4.54. The van der Waals surface area contributed by atoms with Crippen molar-refractivity contribution < 1.29 is 15.0 Å². The summed E-state index contributed by atoms with van der Waals surface area (Å²) in [6, 6.07) is 3.57. The van der Waals surface area contributed by atoms with Gasteiger partial charge >= 0.3 is 5.97 Å². The third-order valence-electron chi connectivity index (χ3n) is 2.90. The molecule has 0 radical (unpaired) electrons. The predicted octanol–water partition coefficient (Wildman–Crippen LogP) is 1.48. The Morgan fingerprint density at radius 2 is 2.06 bits per heavy atom. The standard InChI is InChI=1S/C13H20N2O3/c1-8(2)15(4-5-16)10-6-9(3)12(14)11(7-10)13(17)18/h6-8,16H,4-5,14H2,1-3H3,(H,17,18). The maximum absolute atomic E-state index is 11.1. The molecule has 0 aliphatic rings. The van der Waals surface area contributed by atoms with Gasteiger partial charge in [0.05, 0.1) is 12.2 Å². The predicted molar refractivity (Wildman–Crippen MR) is 72.1 cm³/mol. The molecule has 0 saturated heterocycles. The molecule has 0 fully saturated rings. The molecule has 1 aromatic carbocycles. The zero-order chi connectivity index (χ0) is 13.9. The number of nitrogens with zero attached hydrogens (tertiary/aromatic N) is 1. The highest BCUT2D eigenvalue weighted by atomic mass is 16.4. The number of aliphatic hydroxyl groups excluding tert-OH is 1. The summed E-state index contributed by atoms with van der Waals surface area (Å²) in [5, 5.41) is 18.2. The number of aromatic carboxylic acids is 1. The fraction of sp³-hybridized carbons (Fsp3) is 0.462. The minimum absolute atomic E-state index is 0.0179. The Bertz CT molecular complexity index is 444. The molecular formula is C13H20N2O3. The van der Waals surface area contributed by atoms with E-state index in [1.807, 2.05) is 24.8 Å². The van der Waals surface area contributed by atoms with Crippen LogP contribution in [-0.4, -0.2) is 35.4 Å². The SMILES string of the molecule is Cc1cc(N(CCO)C(C)C)cc(C(=O)O)c1N. The lowest BCUT2D eigenvalue weighted by molar-refractivity contribution is 0.0698. The average molecular weight is 252 g/mol. The van der Waals surface area contributed by atoms with Crippen molar-refractivity contribution in [2.75, 3.05) is 23.8 Å². The molecule has 0 spiro atoms. The normalized spacial score (nSPS) is 10.7. The van der Waals surface area contributed by atoms with Crippen molar-refractivity contribution in [3.63, 3.8) is 0 Å². The number of nitrogens with two attached hydrogens (primary N) is 1. The van der Waals surface area contributed by atoms with E-state index in [0.29, 0.717) is 12.2 Å². The Hall–Kier alpha value is -1.75. The van der Waals surface area contributed by atoms with Crippen molar-refractivity contribution in [2.45, 2.75) is 26.8 Å². The fourth-order valence-corrected chi connectivity index (χ4v) is 1.92. The van der Waals surface area contributed by atoms with E-state index in [2.05, 4.69) is 0 Å².